The first kappa shape index (κ1) is 20.3. The number of aromatic nitrogens is 4. The smallest absolute Gasteiger partial charge is 0.220 e. The topological polar surface area (TPSA) is 81.9 Å². The lowest BCUT2D eigenvalue weighted by Crippen LogP contribution is -2.23. The van der Waals surface area contributed by atoms with E-state index in [2.05, 4.69) is 15.3 Å². The van der Waals surface area contributed by atoms with Crippen LogP contribution in [-0.2, 0) is 17.8 Å². The third kappa shape index (κ3) is 5.14. The number of carbonyl (C=O) groups is 1. The summed E-state index contributed by atoms with van der Waals surface area (Å²) in [6, 6.07) is 19.4. The summed E-state index contributed by atoms with van der Waals surface area (Å²) in [5, 5.41) is 7.69. The number of methoxy groups -OCH3 is 1. The van der Waals surface area contributed by atoms with Gasteiger partial charge < -0.3 is 10.1 Å². The highest BCUT2D eigenvalue weighted by atomic mass is 16.5. The van der Waals surface area contributed by atoms with Gasteiger partial charge in [0.25, 0.3) is 0 Å². The molecule has 2 heterocycles. The van der Waals surface area contributed by atoms with E-state index in [9.17, 15) is 4.79 Å². The lowest BCUT2D eigenvalue weighted by Gasteiger charge is -2.07. The Labute approximate surface area is 180 Å². The molecule has 0 spiro atoms. The first-order chi connectivity index (χ1) is 15.2. The van der Waals surface area contributed by atoms with Gasteiger partial charge in [-0.1, -0.05) is 30.3 Å². The first-order valence-electron chi connectivity index (χ1n) is 10.0. The molecule has 1 amide bonds. The number of hydrogen-bond acceptors (Lipinski definition) is 5. The van der Waals surface area contributed by atoms with Crippen LogP contribution in [0.5, 0.6) is 5.75 Å². The van der Waals surface area contributed by atoms with E-state index in [1.165, 1.54) is 0 Å². The summed E-state index contributed by atoms with van der Waals surface area (Å²) >= 11 is 0. The Hall–Kier alpha value is -4.00. The second kappa shape index (κ2) is 9.67. The van der Waals surface area contributed by atoms with Crippen molar-refractivity contribution in [3.8, 4) is 22.8 Å². The highest BCUT2D eigenvalue weighted by Gasteiger charge is 2.14. The van der Waals surface area contributed by atoms with Crippen LogP contribution in [0.15, 0.2) is 79.3 Å². The summed E-state index contributed by atoms with van der Waals surface area (Å²) < 4.78 is 7.07. The molecule has 4 aromatic rings. The zero-order valence-electron chi connectivity index (χ0n) is 17.2. The maximum absolute atomic E-state index is 12.3. The fourth-order valence-electron chi connectivity index (χ4n) is 3.21. The minimum atomic E-state index is -0.0103. The molecule has 0 aliphatic heterocycles. The number of nitrogens with one attached hydrogen (secondary N) is 1. The van der Waals surface area contributed by atoms with Gasteiger partial charge >= 0.3 is 0 Å². The first-order valence-corrected chi connectivity index (χ1v) is 10.0. The molecule has 7 nitrogen and oxygen atoms in total. The van der Waals surface area contributed by atoms with Crippen LogP contribution in [0.2, 0.25) is 0 Å². The highest BCUT2D eigenvalue weighted by molar-refractivity contribution is 5.76. The van der Waals surface area contributed by atoms with Crippen molar-refractivity contribution in [3.05, 3.63) is 90.5 Å². The summed E-state index contributed by atoms with van der Waals surface area (Å²) in [4.78, 5) is 20.9. The molecule has 31 heavy (non-hydrogen) atoms. The summed E-state index contributed by atoms with van der Waals surface area (Å²) in [5.41, 5.74) is 4.29. The molecule has 4 rings (SSSR count). The molecule has 156 valence electrons. The minimum absolute atomic E-state index is 0.0103. The van der Waals surface area contributed by atoms with Crippen molar-refractivity contribution >= 4 is 5.91 Å². The lowest BCUT2D eigenvalue weighted by molar-refractivity contribution is -0.121. The minimum Gasteiger partial charge on any atom is -0.497 e. The van der Waals surface area contributed by atoms with Gasteiger partial charge in [-0.05, 0) is 35.9 Å². The summed E-state index contributed by atoms with van der Waals surface area (Å²) in [6.45, 7) is 0.519. The maximum atomic E-state index is 12.3. The van der Waals surface area contributed by atoms with Gasteiger partial charge in [-0.25, -0.2) is 4.68 Å². The van der Waals surface area contributed by atoms with Crippen LogP contribution in [0, 0.1) is 0 Å². The Morgan fingerprint density at radius 1 is 1.06 bits per heavy atom. The molecule has 0 atom stereocenters. The van der Waals surface area contributed by atoms with Crippen molar-refractivity contribution in [2.75, 3.05) is 7.11 Å². The number of rotatable bonds is 8. The highest BCUT2D eigenvalue weighted by Crippen LogP contribution is 2.24. The molecule has 2 aromatic heterocycles. The number of hydrogen-bond donors (Lipinski definition) is 1. The quantitative estimate of drug-likeness (QED) is 0.477. The number of amides is 1. The van der Waals surface area contributed by atoms with Gasteiger partial charge in [-0.3, -0.25) is 14.8 Å². The van der Waals surface area contributed by atoms with Crippen molar-refractivity contribution in [3.63, 3.8) is 0 Å². The Bertz CT molecular complexity index is 1130. The third-order valence-electron chi connectivity index (χ3n) is 4.84. The van der Waals surface area contributed by atoms with E-state index in [0.717, 1.165) is 28.4 Å². The standard InChI is InChI=1S/C24H23N5O2/c1-31-21-10-8-20(9-11-21)29-23(22-17-25-13-14-26-22)15-19(28-29)7-12-24(30)27-16-18-5-3-2-4-6-18/h2-6,8-11,13-15,17H,7,12,16H2,1H3,(H,27,30). The molecule has 0 saturated heterocycles. The predicted octanol–water partition coefficient (Wildman–Crippen LogP) is 3.59. The Balaban J connectivity index is 1.50. The van der Waals surface area contributed by atoms with Crippen LogP contribution in [0.3, 0.4) is 0 Å². The number of nitrogens with zero attached hydrogens (tertiary/aromatic N) is 4. The van der Waals surface area contributed by atoms with E-state index in [1.807, 2.05) is 65.3 Å². The largest absolute Gasteiger partial charge is 0.497 e. The van der Waals surface area contributed by atoms with Gasteiger partial charge in [-0.2, -0.15) is 5.10 Å². The molecule has 2 aromatic carbocycles. The van der Waals surface area contributed by atoms with Crippen molar-refractivity contribution in [1.82, 2.24) is 25.1 Å². The van der Waals surface area contributed by atoms with Gasteiger partial charge in [0.1, 0.15) is 11.4 Å². The number of aryl methyl sites for hydroxylation is 1. The van der Waals surface area contributed by atoms with Crippen LogP contribution < -0.4 is 10.1 Å². The van der Waals surface area contributed by atoms with Crippen LogP contribution in [-0.4, -0.2) is 32.8 Å². The lowest BCUT2D eigenvalue weighted by atomic mass is 10.2. The number of carbonyl (C=O) groups excluding carboxylic acids is 1. The maximum Gasteiger partial charge on any atom is 0.220 e. The fourth-order valence-corrected chi connectivity index (χ4v) is 3.21. The van der Waals surface area contributed by atoms with Crippen LogP contribution in [0.1, 0.15) is 17.7 Å². The molecule has 0 fully saturated rings. The normalized spacial score (nSPS) is 10.6. The van der Waals surface area contributed by atoms with Gasteiger partial charge in [0.05, 0.1) is 30.4 Å². The molecule has 0 saturated carbocycles. The molecule has 0 aliphatic rings. The summed E-state index contributed by atoms with van der Waals surface area (Å²) in [6.07, 6.45) is 5.86. The Morgan fingerprint density at radius 3 is 2.58 bits per heavy atom. The van der Waals surface area contributed by atoms with E-state index in [0.29, 0.717) is 25.1 Å². The molecule has 0 bridgehead atoms. The van der Waals surface area contributed by atoms with Gasteiger partial charge in [0.2, 0.25) is 5.91 Å². The van der Waals surface area contributed by atoms with Gasteiger partial charge in [-0.15, -0.1) is 0 Å². The van der Waals surface area contributed by atoms with E-state index in [1.54, 1.807) is 25.7 Å². The Kier molecular flexibility index (Phi) is 6.32. The van der Waals surface area contributed by atoms with E-state index >= 15 is 0 Å². The molecule has 7 heteroatoms. The molecule has 0 unspecified atom stereocenters. The number of benzene rings is 2. The molecule has 0 radical (unpaired) electrons. The van der Waals surface area contributed by atoms with E-state index < -0.39 is 0 Å². The third-order valence-corrected chi connectivity index (χ3v) is 4.84. The summed E-state index contributed by atoms with van der Waals surface area (Å²) in [7, 11) is 1.63. The van der Waals surface area contributed by atoms with Gasteiger partial charge in [0, 0.05) is 31.8 Å². The van der Waals surface area contributed by atoms with Crippen molar-refractivity contribution in [1.29, 1.82) is 0 Å². The fraction of sp³-hybridized carbons (Fsp3) is 0.167. The predicted molar refractivity (Wildman–Crippen MR) is 118 cm³/mol. The molecule has 0 aliphatic carbocycles. The average Bonchev–Trinajstić information content (AvgIpc) is 3.27. The van der Waals surface area contributed by atoms with Crippen LogP contribution in [0.25, 0.3) is 17.1 Å². The van der Waals surface area contributed by atoms with E-state index in [-0.39, 0.29) is 5.91 Å². The SMILES string of the molecule is COc1ccc(-n2nc(CCC(=O)NCc3ccccc3)cc2-c2cnccn2)cc1. The summed E-state index contributed by atoms with van der Waals surface area (Å²) in [5.74, 6) is 0.760. The zero-order valence-corrected chi connectivity index (χ0v) is 17.2. The van der Waals surface area contributed by atoms with Crippen LogP contribution in [0.4, 0.5) is 0 Å². The van der Waals surface area contributed by atoms with Crippen molar-refractivity contribution < 1.29 is 9.53 Å². The molecular formula is C24H23N5O2. The second-order valence-electron chi connectivity index (χ2n) is 6.98. The average molecular weight is 413 g/mol. The van der Waals surface area contributed by atoms with E-state index in [4.69, 9.17) is 9.84 Å². The number of ether oxygens (including phenoxy) is 1. The monoisotopic (exact) mass is 413 g/mol. The zero-order chi connectivity index (χ0) is 21.5. The van der Waals surface area contributed by atoms with Crippen molar-refractivity contribution in [2.45, 2.75) is 19.4 Å². The molecule has 1 N–H and O–H groups in total. The van der Waals surface area contributed by atoms with Gasteiger partial charge in [0.15, 0.2) is 0 Å². The molecular weight excluding hydrogens is 390 g/mol. The second-order valence-corrected chi connectivity index (χ2v) is 6.98. The Morgan fingerprint density at radius 2 is 1.87 bits per heavy atom. The van der Waals surface area contributed by atoms with Crippen LogP contribution >= 0.6 is 0 Å². The van der Waals surface area contributed by atoms with Crippen molar-refractivity contribution in [2.24, 2.45) is 0 Å².